The number of unbranched alkanes of at least 4 members (excludes halogenated alkanes) is 1. The third-order valence-corrected chi connectivity index (χ3v) is 6.37. The molecule has 1 N–H and O–H groups in total. The summed E-state index contributed by atoms with van der Waals surface area (Å²) in [6.07, 6.45) is 2.83. The maximum absolute atomic E-state index is 12.5. The lowest BCUT2D eigenvalue weighted by molar-refractivity contribution is 0.0467. The minimum Gasteiger partial charge on any atom is -0.456 e. The van der Waals surface area contributed by atoms with Crippen LogP contribution < -0.4 is 10.9 Å². The van der Waals surface area contributed by atoms with Crippen LogP contribution in [0.1, 0.15) is 50.5 Å². The molecule has 0 radical (unpaired) electrons. The molecule has 0 saturated carbocycles. The number of hydrogen-bond donors (Lipinski definition) is 1. The van der Waals surface area contributed by atoms with Crippen molar-refractivity contribution >= 4 is 45.2 Å². The molecule has 4 rings (SSSR count). The number of ether oxygens (including phenoxy) is 1. The van der Waals surface area contributed by atoms with Gasteiger partial charge in [-0.15, -0.1) is 11.3 Å². The summed E-state index contributed by atoms with van der Waals surface area (Å²) in [6, 6.07) is 11.3. The highest BCUT2D eigenvalue weighted by Crippen LogP contribution is 2.17. The molecule has 1 amide bonds. The predicted molar refractivity (Wildman–Crippen MR) is 124 cm³/mol. The Labute approximate surface area is 191 Å². The molecule has 0 bridgehead atoms. The largest absolute Gasteiger partial charge is 0.456 e. The highest BCUT2D eigenvalue weighted by molar-refractivity contribution is 7.16. The zero-order valence-corrected chi connectivity index (χ0v) is 18.9. The van der Waals surface area contributed by atoms with Crippen LogP contribution in [0.25, 0.3) is 4.96 Å². The Kier molecular flexibility index (Phi) is 6.72. The third-order valence-electron chi connectivity index (χ3n) is 4.54. The van der Waals surface area contributed by atoms with E-state index in [4.69, 9.17) is 4.74 Å². The Morgan fingerprint density at radius 2 is 2.06 bits per heavy atom. The van der Waals surface area contributed by atoms with Crippen LogP contribution in [-0.4, -0.2) is 26.5 Å². The van der Waals surface area contributed by atoms with Gasteiger partial charge < -0.3 is 10.1 Å². The number of anilines is 1. The van der Waals surface area contributed by atoms with Crippen LogP contribution in [0.15, 0.2) is 52.6 Å². The van der Waals surface area contributed by atoms with Gasteiger partial charge in [0.1, 0.15) is 11.6 Å². The molecular weight excluding hydrogens is 448 g/mol. The Balaban J connectivity index is 1.42. The van der Waals surface area contributed by atoms with Crippen molar-refractivity contribution < 1.29 is 14.3 Å². The van der Waals surface area contributed by atoms with Crippen molar-refractivity contribution in [2.24, 2.45) is 0 Å². The summed E-state index contributed by atoms with van der Waals surface area (Å²) in [4.78, 5) is 42.5. The minimum atomic E-state index is -0.577. The molecular formula is C22H20N4O4S2. The van der Waals surface area contributed by atoms with Crippen molar-refractivity contribution in [3.63, 3.8) is 0 Å². The van der Waals surface area contributed by atoms with Gasteiger partial charge in [-0.3, -0.25) is 9.59 Å². The minimum absolute atomic E-state index is 0.140. The quantitative estimate of drug-likeness (QED) is 0.390. The van der Waals surface area contributed by atoms with E-state index >= 15 is 0 Å². The average Bonchev–Trinajstić information content (AvgIpc) is 3.46. The molecule has 0 unspecified atom stereocenters. The molecule has 0 spiro atoms. The van der Waals surface area contributed by atoms with Crippen LogP contribution >= 0.6 is 22.7 Å². The van der Waals surface area contributed by atoms with E-state index in [9.17, 15) is 14.4 Å². The van der Waals surface area contributed by atoms with Gasteiger partial charge >= 0.3 is 5.97 Å². The average molecular weight is 469 g/mol. The van der Waals surface area contributed by atoms with Crippen molar-refractivity contribution in [1.29, 1.82) is 0 Å². The second-order valence-electron chi connectivity index (χ2n) is 6.97. The number of nitrogens with zero attached hydrogens (tertiary/aromatic N) is 3. The molecule has 8 nitrogen and oxygen atoms in total. The Morgan fingerprint density at radius 1 is 1.19 bits per heavy atom. The van der Waals surface area contributed by atoms with Crippen LogP contribution in [0.5, 0.6) is 0 Å². The summed E-state index contributed by atoms with van der Waals surface area (Å²) >= 11 is 2.70. The molecule has 3 aromatic heterocycles. The second kappa shape index (κ2) is 9.84. The SMILES string of the molecule is CCCCc1nn2c(=O)cc(COC(=O)c3cccc(NC(=O)c4cccs4)c3)nc2s1. The van der Waals surface area contributed by atoms with Gasteiger partial charge in [0.2, 0.25) is 4.96 Å². The number of nitrogens with one attached hydrogen (secondary N) is 1. The van der Waals surface area contributed by atoms with Gasteiger partial charge in [-0.25, -0.2) is 9.78 Å². The summed E-state index contributed by atoms with van der Waals surface area (Å²) in [5.74, 6) is -0.821. The summed E-state index contributed by atoms with van der Waals surface area (Å²) in [5, 5.41) is 9.73. The van der Waals surface area contributed by atoms with Crippen LogP contribution in [-0.2, 0) is 17.8 Å². The molecule has 3 heterocycles. The number of fused-ring (bicyclic) bond motifs is 1. The molecule has 1 aromatic carbocycles. The number of amides is 1. The zero-order chi connectivity index (χ0) is 22.5. The summed E-state index contributed by atoms with van der Waals surface area (Å²) in [5.41, 5.74) is 0.820. The van der Waals surface area contributed by atoms with Crippen LogP contribution in [0.3, 0.4) is 0 Å². The van der Waals surface area contributed by atoms with E-state index in [1.54, 1.807) is 36.4 Å². The maximum Gasteiger partial charge on any atom is 0.338 e. The number of carbonyl (C=O) groups excluding carboxylic acids is 2. The lowest BCUT2D eigenvalue weighted by Gasteiger charge is -2.07. The Bertz CT molecular complexity index is 1310. The predicted octanol–water partition coefficient (Wildman–Crippen LogP) is 4.16. The van der Waals surface area contributed by atoms with Crippen molar-refractivity contribution in [2.75, 3.05) is 5.32 Å². The fraction of sp³-hybridized carbons (Fsp3) is 0.227. The smallest absolute Gasteiger partial charge is 0.338 e. The van der Waals surface area contributed by atoms with Crippen LogP contribution in [0, 0.1) is 0 Å². The normalized spacial score (nSPS) is 10.9. The second-order valence-corrected chi connectivity index (χ2v) is 8.96. The molecule has 0 saturated heterocycles. The third kappa shape index (κ3) is 5.09. The molecule has 0 aliphatic rings. The molecule has 10 heteroatoms. The Hall–Kier alpha value is -3.37. The van der Waals surface area contributed by atoms with Gasteiger partial charge in [-0.05, 0) is 36.1 Å². The van der Waals surface area contributed by atoms with Crippen molar-refractivity contribution in [3.05, 3.63) is 79.3 Å². The molecule has 0 aliphatic carbocycles. The van der Waals surface area contributed by atoms with Gasteiger partial charge in [-0.2, -0.15) is 9.61 Å². The fourth-order valence-corrected chi connectivity index (χ4v) is 4.52. The zero-order valence-electron chi connectivity index (χ0n) is 17.2. The van der Waals surface area contributed by atoms with Gasteiger partial charge in [0.15, 0.2) is 0 Å². The monoisotopic (exact) mass is 468 g/mol. The topological polar surface area (TPSA) is 103 Å². The van der Waals surface area contributed by atoms with Gasteiger partial charge in [0, 0.05) is 18.2 Å². The first-order valence-electron chi connectivity index (χ1n) is 10.0. The lowest BCUT2D eigenvalue weighted by atomic mass is 10.2. The van der Waals surface area contributed by atoms with Crippen LogP contribution in [0.2, 0.25) is 0 Å². The first-order chi connectivity index (χ1) is 15.5. The number of esters is 1. The van der Waals surface area contributed by atoms with E-state index in [-0.39, 0.29) is 23.6 Å². The number of rotatable bonds is 8. The van der Waals surface area contributed by atoms with Gasteiger partial charge in [0.05, 0.1) is 16.1 Å². The standard InChI is InChI=1S/C22H20N4O4S2/c1-2-3-9-18-25-26-19(27)12-16(24-22(26)32-18)13-30-21(29)14-6-4-7-15(11-14)23-20(28)17-8-5-10-31-17/h4-8,10-12H,2-3,9,13H2,1H3,(H,23,28). The summed E-state index contributed by atoms with van der Waals surface area (Å²) in [6.45, 7) is 1.95. The van der Waals surface area contributed by atoms with E-state index in [2.05, 4.69) is 22.3 Å². The molecule has 0 atom stereocenters. The highest BCUT2D eigenvalue weighted by atomic mass is 32.1. The van der Waals surface area contributed by atoms with Crippen molar-refractivity contribution in [3.8, 4) is 0 Å². The lowest BCUT2D eigenvalue weighted by Crippen LogP contribution is -2.17. The van der Waals surface area contributed by atoms with Crippen molar-refractivity contribution in [1.82, 2.24) is 14.6 Å². The van der Waals surface area contributed by atoms with E-state index < -0.39 is 5.97 Å². The maximum atomic E-state index is 12.5. The number of aryl methyl sites for hydroxylation is 1. The van der Waals surface area contributed by atoms with Crippen molar-refractivity contribution in [2.45, 2.75) is 32.8 Å². The molecule has 4 aromatic rings. The number of benzene rings is 1. The number of carbonyl (C=O) groups is 2. The van der Waals surface area contributed by atoms with Crippen LogP contribution in [0.4, 0.5) is 5.69 Å². The highest BCUT2D eigenvalue weighted by Gasteiger charge is 2.13. The van der Waals surface area contributed by atoms with E-state index in [0.29, 0.717) is 21.2 Å². The van der Waals surface area contributed by atoms with Gasteiger partial charge in [0.25, 0.3) is 11.5 Å². The molecule has 0 fully saturated rings. The summed E-state index contributed by atoms with van der Waals surface area (Å²) < 4.78 is 6.62. The Morgan fingerprint density at radius 3 is 2.84 bits per heavy atom. The fourth-order valence-electron chi connectivity index (χ4n) is 2.95. The first kappa shape index (κ1) is 21.8. The van der Waals surface area contributed by atoms with Gasteiger partial charge in [-0.1, -0.05) is 36.8 Å². The van der Waals surface area contributed by atoms with E-state index in [0.717, 1.165) is 24.3 Å². The van der Waals surface area contributed by atoms with E-state index in [1.165, 1.54) is 33.3 Å². The molecule has 0 aliphatic heterocycles. The summed E-state index contributed by atoms with van der Waals surface area (Å²) in [7, 11) is 0. The molecule has 164 valence electrons. The number of hydrogen-bond acceptors (Lipinski definition) is 8. The number of thiophene rings is 1. The first-order valence-corrected chi connectivity index (χ1v) is 11.7. The number of aromatic nitrogens is 3. The molecule has 32 heavy (non-hydrogen) atoms. The van der Waals surface area contributed by atoms with E-state index in [1.807, 2.05) is 5.38 Å².